The van der Waals surface area contributed by atoms with Crippen molar-refractivity contribution in [3.05, 3.63) is 39.9 Å². The number of hydrogen-bond donors (Lipinski definition) is 4. The fraction of sp³-hybridized carbons (Fsp3) is 0.391. The molecule has 3 aromatic rings. The highest BCUT2D eigenvalue weighted by Crippen LogP contribution is 2.39. The largest absolute Gasteiger partial charge is 0.507 e. The number of nitrogens with zero attached hydrogens (tertiary/aromatic N) is 2. The topological polar surface area (TPSA) is 128 Å². The van der Waals surface area contributed by atoms with Crippen LogP contribution in [-0.4, -0.2) is 39.8 Å². The van der Waals surface area contributed by atoms with Crippen molar-refractivity contribution < 1.29 is 14.6 Å². The molecule has 2 heterocycles. The number of aryl methyl sites for hydroxylation is 3. The van der Waals surface area contributed by atoms with Crippen molar-refractivity contribution in [1.82, 2.24) is 14.9 Å². The number of rotatable bonds is 6. The van der Waals surface area contributed by atoms with E-state index in [2.05, 4.69) is 5.32 Å². The Labute approximate surface area is 181 Å². The maximum absolute atomic E-state index is 12.3. The van der Waals surface area contributed by atoms with Gasteiger partial charge in [0.25, 0.3) is 5.91 Å². The number of amides is 1. The second kappa shape index (κ2) is 7.16. The summed E-state index contributed by atoms with van der Waals surface area (Å²) in [6, 6.07) is 3.71. The van der Waals surface area contributed by atoms with Crippen molar-refractivity contribution >= 4 is 22.8 Å². The predicted molar refractivity (Wildman–Crippen MR) is 121 cm³/mol. The van der Waals surface area contributed by atoms with E-state index in [0.29, 0.717) is 34.8 Å². The number of benzene rings is 1. The van der Waals surface area contributed by atoms with Gasteiger partial charge in [0.1, 0.15) is 18.2 Å². The van der Waals surface area contributed by atoms with Crippen molar-refractivity contribution in [2.75, 3.05) is 19.4 Å². The van der Waals surface area contributed by atoms with Gasteiger partial charge in [-0.25, -0.2) is 0 Å². The van der Waals surface area contributed by atoms with E-state index in [1.807, 2.05) is 46.9 Å². The number of phenols is 1. The molecule has 8 nitrogen and oxygen atoms in total. The van der Waals surface area contributed by atoms with Crippen molar-refractivity contribution in [1.29, 1.82) is 0 Å². The summed E-state index contributed by atoms with van der Waals surface area (Å²) in [5, 5.41) is 14.4. The van der Waals surface area contributed by atoms with E-state index in [-0.39, 0.29) is 22.7 Å². The molecular formula is C23H29N5O3. The second-order valence-electron chi connectivity index (χ2n) is 8.59. The summed E-state index contributed by atoms with van der Waals surface area (Å²) in [7, 11) is 1.93. The fourth-order valence-electron chi connectivity index (χ4n) is 4.27. The van der Waals surface area contributed by atoms with Crippen LogP contribution >= 0.6 is 0 Å². The Morgan fingerprint density at radius 3 is 2.48 bits per heavy atom. The number of carbonyl (C=O) groups excluding carboxylic acids is 1. The van der Waals surface area contributed by atoms with Crippen molar-refractivity contribution in [2.45, 2.75) is 46.1 Å². The first-order valence-electron chi connectivity index (χ1n) is 10.3. The molecule has 2 aromatic heterocycles. The first kappa shape index (κ1) is 21.0. The lowest BCUT2D eigenvalue weighted by molar-refractivity contribution is 0.100. The van der Waals surface area contributed by atoms with Crippen LogP contribution in [0.1, 0.15) is 45.5 Å². The third-order valence-electron chi connectivity index (χ3n) is 6.35. The molecule has 31 heavy (non-hydrogen) atoms. The van der Waals surface area contributed by atoms with E-state index in [9.17, 15) is 9.90 Å². The van der Waals surface area contributed by atoms with Gasteiger partial charge in [-0.1, -0.05) is 6.07 Å². The van der Waals surface area contributed by atoms with E-state index < -0.39 is 5.91 Å². The van der Waals surface area contributed by atoms with Gasteiger partial charge in [0.15, 0.2) is 5.65 Å². The number of primary amides is 1. The number of pyridine rings is 1. The molecule has 4 rings (SSSR count). The van der Waals surface area contributed by atoms with Crippen LogP contribution < -0.4 is 21.5 Å². The SMILES string of the molecule is CNC1(COc2nc3c(cc2C)c(C(N)=O)c(N)n3-c2c(C)cc(C)c(O)c2C)CC1. The van der Waals surface area contributed by atoms with Crippen LogP contribution in [-0.2, 0) is 0 Å². The Kier molecular flexibility index (Phi) is 4.85. The Bertz CT molecular complexity index is 1220. The van der Waals surface area contributed by atoms with Gasteiger partial charge in [-0.2, -0.15) is 4.98 Å². The molecule has 0 bridgehead atoms. The molecule has 1 aromatic carbocycles. The number of nitrogens with two attached hydrogens (primary N) is 2. The molecule has 1 aliphatic rings. The highest BCUT2D eigenvalue weighted by atomic mass is 16.5. The minimum absolute atomic E-state index is 0.00158. The number of phenolic OH excluding ortho intramolecular Hbond substituents is 1. The molecule has 1 aliphatic carbocycles. The molecule has 0 saturated heterocycles. The van der Waals surface area contributed by atoms with E-state index in [1.54, 1.807) is 4.57 Å². The number of likely N-dealkylation sites (N-methyl/N-ethyl adjacent to an activating group) is 1. The first-order chi connectivity index (χ1) is 14.6. The number of aromatic hydroxyl groups is 1. The smallest absolute Gasteiger partial charge is 0.253 e. The Morgan fingerprint density at radius 1 is 1.23 bits per heavy atom. The predicted octanol–water partition coefficient (Wildman–Crippen LogP) is 2.78. The van der Waals surface area contributed by atoms with E-state index >= 15 is 0 Å². The van der Waals surface area contributed by atoms with E-state index in [4.69, 9.17) is 21.2 Å². The highest BCUT2D eigenvalue weighted by Gasteiger charge is 2.42. The maximum atomic E-state index is 12.3. The number of carbonyl (C=O) groups is 1. The van der Waals surface area contributed by atoms with Crippen LogP contribution in [0.2, 0.25) is 0 Å². The van der Waals surface area contributed by atoms with Crippen LogP contribution in [0, 0.1) is 27.7 Å². The van der Waals surface area contributed by atoms with Crippen LogP contribution in [0.4, 0.5) is 5.82 Å². The molecule has 6 N–H and O–H groups in total. The summed E-state index contributed by atoms with van der Waals surface area (Å²) < 4.78 is 7.76. The normalized spacial score (nSPS) is 14.7. The molecule has 0 aliphatic heterocycles. The quantitative estimate of drug-likeness (QED) is 0.483. The molecule has 0 spiro atoms. The van der Waals surface area contributed by atoms with Crippen LogP contribution in [0.25, 0.3) is 16.7 Å². The molecule has 1 amide bonds. The molecule has 0 unspecified atom stereocenters. The first-order valence-corrected chi connectivity index (χ1v) is 10.3. The fourth-order valence-corrected chi connectivity index (χ4v) is 4.27. The van der Waals surface area contributed by atoms with Gasteiger partial charge in [-0.3, -0.25) is 9.36 Å². The Hall–Kier alpha value is -3.26. The lowest BCUT2D eigenvalue weighted by atomic mass is 10.0. The second-order valence-corrected chi connectivity index (χ2v) is 8.59. The number of hydrogen-bond acceptors (Lipinski definition) is 6. The van der Waals surface area contributed by atoms with Gasteiger partial charge in [-0.15, -0.1) is 0 Å². The molecule has 1 saturated carbocycles. The van der Waals surface area contributed by atoms with Crippen LogP contribution in [0.5, 0.6) is 11.6 Å². The summed E-state index contributed by atoms with van der Waals surface area (Å²) in [4.78, 5) is 17.0. The number of aromatic nitrogens is 2. The van der Waals surface area contributed by atoms with Crippen molar-refractivity contribution in [3.8, 4) is 17.3 Å². The van der Waals surface area contributed by atoms with Gasteiger partial charge in [0.05, 0.1) is 16.8 Å². The van der Waals surface area contributed by atoms with Crippen LogP contribution in [0.15, 0.2) is 12.1 Å². The zero-order valence-corrected chi connectivity index (χ0v) is 18.6. The van der Waals surface area contributed by atoms with Gasteiger partial charge in [0, 0.05) is 16.5 Å². The van der Waals surface area contributed by atoms with Crippen molar-refractivity contribution in [2.24, 2.45) is 5.73 Å². The Morgan fingerprint density at radius 2 is 1.90 bits per heavy atom. The van der Waals surface area contributed by atoms with E-state index in [0.717, 1.165) is 29.5 Å². The lowest BCUT2D eigenvalue weighted by Crippen LogP contribution is -2.34. The third-order valence-corrected chi connectivity index (χ3v) is 6.35. The van der Waals surface area contributed by atoms with Gasteiger partial charge in [0.2, 0.25) is 5.88 Å². The monoisotopic (exact) mass is 423 g/mol. The highest BCUT2D eigenvalue weighted by molar-refractivity contribution is 6.11. The number of nitrogens with one attached hydrogen (secondary N) is 1. The van der Waals surface area contributed by atoms with Crippen LogP contribution in [0.3, 0.4) is 0 Å². The van der Waals surface area contributed by atoms with E-state index in [1.165, 1.54) is 0 Å². The average molecular weight is 424 g/mol. The number of fused-ring (bicyclic) bond motifs is 1. The van der Waals surface area contributed by atoms with Gasteiger partial charge < -0.3 is 26.6 Å². The summed E-state index contributed by atoms with van der Waals surface area (Å²) in [6.07, 6.45) is 2.11. The minimum Gasteiger partial charge on any atom is -0.507 e. The molecule has 0 atom stereocenters. The summed E-state index contributed by atoms with van der Waals surface area (Å²) in [6.45, 7) is 7.97. The lowest BCUT2D eigenvalue weighted by Gasteiger charge is -2.18. The molecular weight excluding hydrogens is 394 g/mol. The Balaban J connectivity index is 1.97. The zero-order valence-electron chi connectivity index (χ0n) is 18.6. The number of nitrogen functional groups attached to an aromatic ring is 1. The van der Waals surface area contributed by atoms with Gasteiger partial charge in [-0.05, 0) is 64.8 Å². The third kappa shape index (κ3) is 3.27. The zero-order chi connectivity index (χ0) is 22.7. The molecule has 8 heteroatoms. The summed E-state index contributed by atoms with van der Waals surface area (Å²) in [5.41, 5.74) is 16.6. The molecule has 164 valence electrons. The minimum atomic E-state index is -0.630. The standard InChI is InChI=1S/C23H29N5O3/c1-11-8-12(2)18(29)14(4)17(11)28-19(24)16(20(25)30)15-9-13(3)22(27-21(15)28)31-10-23(26-5)6-7-23/h8-9,26,29H,6-7,10,24H2,1-5H3,(H2,25,30). The maximum Gasteiger partial charge on any atom is 0.253 e. The summed E-state index contributed by atoms with van der Waals surface area (Å²) in [5.74, 6) is 0.218. The average Bonchev–Trinajstić information content (AvgIpc) is 3.44. The molecule has 0 radical (unpaired) electrons. The summed E-state index contributed by atoms with van der Waals surface area (Å²) >= 11 is 0. The number of anilines is 1. The van der Waals surface area contributed by atoms with Gasteiger partial charge >= 0.3 is 0 Å². The van der Waals surface area contributed by atoms with Crippen molar-refractivity contribution in [3.63, 3.8) is 0 Å². The molecule has 1 fully saturated rings. The number of ether oxygens (including phenoxy) is 1.